The highest BCUT2D eigenvalue weighted by molar-refractivity contribution is 4.90. The van der Waals surface area contributed by atoms with Gasteiger partial charge in [0.2, 0.25) is 0 Å². The van der Waals surface area contributed by atoms with Crippen LogP contribution in [0.2, 0.25) is 0 Å². The van der Waals surface area contributed by atoms with Crippen LogP contribution in [0.5, 0.6) is 0 Å². The average Bonchev–Trinajstić information content (AvgIpc) is 2.41. The zero-order valence-corrected chi connectivity index (χ0v) is 6.54. The molecule has 10 heavy (non-hydrogen) atoms. The van der Waals surface area contributed by atoms with Crippen molar-refractivity contribution in [2.45, 2.75) is 26.1 Å². The van der Waals surface area contributed by atoms with E-state index in [1.165, 1.54) is 0 Å². The highest BCUT2D eigenvalue weighted by atomic mass is 16.6. The lowest BCUT2D eigenvalue weighted by Gasteiger charge is -2.10. The van der Waals surface area contributed by atoms with Gasteiger partial charge in [-0.2, -0.15) is 0 Å². The van der Waals surface area contributed by atoms with Gasteiger partial charge in [0.25, 0.3) is 0 Å². The standard InChI is InChI=1S/C8H14O2/c1-5-3-9-8-6(2)4-10-7(5)8/h5-8H,3-4H2,1-2H3/t5-,6-,7+,8?/m0/s1. The fourth-order valence-electron chi connectivity index (χ4n) is 1.88. The monoisotopic (exact) mass is 142 g/mol. The summed E-state index contributed by atoms with van der Waals surface area (Å²) in [6.07, 6.45) is 0.796. The molecule has 4 atom stereocenters. The van der Waals surface area contributed by atoms with Crippen LogP contribution in [-0.4, -0.2) is 25.4 Å². The molecule has 0 amide bonds. The zero-order valence-electron chi connectivity index (χ0n) is 6.54. The molecule has 0 spiro atoms. The van der Waals surface area contributed by atoms with Gasteiger partial charge in [-0.25, -0.2) is 0 Å². The summed E-state index contributed by atoms with van der Waals surface area (Å²) in [4.78, 5) is 0. The summed E-state index contributed by atoms with van der Waals surface area (Å²) in [6.45, 7) is 6.17. The van der Waals surface area contributed by atoms with E-state index in [1.807, 2.05) is 0 Å². The Morgan fingerprint density at radius 1 is 0.900 bits per heavy atom. The van der Waals surface area contributed by atoms with Gasteiger partial charge in [0.1, 0.15) is 0 Å². The lowest BCUT2D eigenvalue weighted by Crippen LogP contribution is -2.23. The van der Waals surface area contributed by atoms with Gasteiger partial charge in [0.15, 0.2) is 0 Å². The lowest BCUT2D eigenvalue weighted by atomic mass is 9.99. The Morgan fingerprint density at radius 2 is 1.30 bits per heavy atom. The van der Waals surface area contributed by atoms with E-state index in [1.54, 1.807) is 0 Å². The third-order valence-corrected chi connectivity index (χ3v) is 2.55. The molecule has 2 aliphatic heterocycles. The van der Waals surface area contributed by atoms with Crippen LogP contribution in [0.4, 0.5) is 0 Å². The zero-order chi connectivity index (χ0) is 7.14. The predicted molar refractivity (Wildman–Crippen MR) is 37.8 cm³/mol. The van der Waals surface area contributed by atoms with Crippen molar-refractivity contribution in [2.24, 2.45) is 11.8 Å². The maximum atomic E-state index is 5.58. The van der Waals surface area contributed by atoms with Gasteiger partial charge < -0.3 is 9.47 Å². The summed E-state index contributed by atoms with van der Waals surface area (Å²) in [7, 11) is 0. The van der Waals surface area contributed by atoms with Crippen molar-refractivity contribution in [3.05, 3.63) is 0 Å². The average molecular weight is 142 g/mol. The highest BCUT2D eigenvalue weighted by Crippen LogP contribution is 2.33. The lowest BCUT2D eigenvalue weighted by molar-refractivity contribution is 0.0627. The van der Waals surface area contributed by atoms with Crippen molar-refractivity contribution in [1.29, 1.82) is 0 Å². The molecule has 0 aromatic rings. The Hall–Kier alpha value is -0.0800. The molecule has 0 aliphatic carbocycles. The molecule has 2 aliphatic rings. The molecule has 0 aromatic carbocycles. The molecule has 0 aromatic heterocycles. The van der Waals surface area contributed by atoms with E-state index >= 15 is 0 Å². The van der Waals surface area contributed by atoms with Crippen molar-refractivity contribution >= 4 is 0 Å². The maximum Gasteiger partial charge on any atom is 0.0887 e. The summed E-state index contributed by atoms with van der Waals surface area (Å²) in [6, 6.07) is 0. The van der Waals surface area contributed by atoms with Crippen LogP contribution < -0.4 is 0 Å². The SMILES string of the molecule is C[C@H]1CO[C@H]2C1OC[C@@H]2C. The van der Waals surface area contributed by atoms with Crippen LogP contribution in [0, 0.1) is 11.8 Å². The molecule has 2 saturated heterocycles. The van der Waals surface area contributed by atoms with Crippen LogP contribution in [0.3, 0.4) is 0 Å². The first-order valence-electron chi connectivity index (χ1n) is 4.02. The van der Waals surface area contributed by atoms with Gasteiger partial charge in [-0.15, -0.1) is 0 Å². The van der Waals surface area contributed by atoms with Crippen molar-refractivity contribution in [1.82, 2.24) is 0 Å². The minimum Gasteiger partial charge on any atom is -0.375 e. The summed E-state index contributed by atoms with van der Waals surface area (Å²) in [5, 5.41) is 0. The van der Waals surface area contributed by atoms with Crippen LogP contribution in [0.15, 0.2) is 0 Å². The molecular formula is C8H14O2. The first-order chi connectivity index (χ1) is 4.79. The minimum absolute atomic E-state index is 0.398. The maximum absolute atomic E-state index is 5.58. The molecule has 2 nitrogen and oxygen atoms in total. The van der Waals surface area contributed by atoms with Gasteiger partial charge in [0.05, 0.1) is 25.4 Å². The van der Waals surface area contributed by atoms with Crippen LogP contribution in [-0.2, 0) is 9.47 Å². The Kier molecular flexibility index (Phi) is 1.46. The largest absolute Gasteiger partial charge is 0.375 e. The van der Waals surface area contributed by atoms with E-state index < -0.39 is 0 Å². The number of hydrogen-bond donors (Lipinski definition) is 0. The summed E-state index contributed by atoms with van der Waals surface area (Å²) >= 11 is 0. The quantitative estimate of drug-likeness (QED) is 0.503. The molecule has 2 fully saturated rings. The third-order valence-electron chi connectivity index (χ3n) is 2.55. The molecule has 2 heterocycles. The van der Waals surface area contributed by atoms with E-state index in [0.717, 1.165) is 13.2 Å². The second-order valence-corrected chi connectivity index (χ2v) is 3.55. The fraction of sp³-hybridized carbons (Fsp3) is 1.00. The number of fused-ring (bicyclic) bond motifs is 1. The fourth-order valence-corrected chi connectivity index (χ4v) is 1.88. The van der Waals surface area contributed by atoms with Crippen LogP contribution in [0.25, 0.3) is 0 Å². The van der Waals surface area contributed by atoms with Crippen LogP contribution in [0.1, 0.15) is 13.8 Å². The summed E-state index contributed by atoms with van der Waals surface area (Å²) in [5.74, 6) is 1.21. The second-order valence-electron chi connectivity index (χ2n) is 3.55. The van der Waals surface area contributed by atoms with Crippen molar-refractivity contribution in [3.63, 3.8) is 0 Å². The molecule has 1 unspecified atom stereocenters. The molecular weight excluding hydrogens is 128 g/mol. The van der Waals surface area contributed by atoms with Gasteiger partial charge in [-0.1, -0.05) is 13.8 Å². The van der Waals surface area contributed by atoms with Crippen molar-refractivity contribution < 1.29 is 9.47 Å². The molecule has 0 bridgehead atoms. The molecule has 2 heteroatoms. The van der Waals surface area contributed by atoms with E-state index in [0.29, 0.717) is 24.0 Å². The Balaban J connectivity index is 2.09. The molecule has 0 saturated carbocycles. The van der Waals surface area contributed by atoms with Crippen molar-refractivity contribution in [3.8, 4) is 0 Å². The molecule has 58 valence electrons. The minimum atomic E-state index is 0.398. The summed E-state index contributed by atoms with van der Waals surface area (Å²) < 4.78 is 11.2. The predicted octanol–water partition coefficient (Wildman–Crippen LogP) is 1.06. The normalized spacial score (nSPS) is 53.4. The Labute approximate surface area is 61.5 Å². The smallest absolute Gasteiger partial charge is 0.0887 e. The van der Waals surface area contributed by atoms with Crippen molar-refractivity contribution in [2.75, 3.05) is 13.2 Å². The number of ether oxygens (including phenoxy) is 2. The highest BCUT2D eigenvalue weighted by Gasteiger charge is 2.43. The van der Waals surface area contributed by atoms with Gasteiger partial charge in [-0.3, -0.25) is 0 Å². The first-order valence-corrected chi connectivity index (χ1v) is 4.02. The first kappa shape index (κ1) is 6.62. The molecule has 0 N–H and O–H groups in total. The van der Waals surface area contributed by atoms with Gasteiger partial charge in [-0.05, 0) is 0 Å². The third kappa shape index (κ3) is 0.789. The number of rotatable bonds is 0. The van der Waals surface area contributed by atoms with E-state index in [-0.39, 0.29) is 0 Å². The van der Waals surface area contributed by atoms with Gasteiger partial charge in [0, 0.05) is 11.8 Å². The van der Waals surface area contributed by atoms with E-state index in [4.69, 9.17) is 9.47 Å². The molecule has 0 radical (unpaired) electrons. The molecule has 2 rings (SSSR count). The van der Waals surface area contributed by atoms with Gasteiger partial charge >= 0.3 is 0 Å². The summed E-state index contributed by atoms with van der Waals surface area (Å²) in [5.41, 5.74) is 0. The second kappa shape index (κ2) is 2.21. The van der Waals surface area contributed by atoms with E-state index in [9.17, 15) is 0 Å². The van der Waals surface area contributed by atoms with Crippen LogP contribution >= 0.6 is 0 Å². The topological polar surface area (TPSA) is 18.5 Å². The number of hydrogen-bond acceptors (Lipinski definition) is 2. The van der Waals surface area contributed by atoms with E-state index in [2.05, 4.69) is 13.8 Å². The Bertz CT molecular complexity index is 119. The Morgan fingerprint density at radius 3 is 1.70 bits per heavy atom.